The molecule has 3 aromatic rings. The number of aliphatic hydroxyl groups excluding tert-OH is 1. The second-order valence-corrected chi connectivity index (χ2v) is 9.14. The summed E-state index contributed by atoms with van der Waals surface area (Å²) in [4.78, 5) is 11.7. The van der Waals surface area contributed by atoms with E-state index in [1.54, 1.807) is 6.07 Å². The fourth-order valence-electron chi connectivity index (χ4n) is 3.93. The Bertz CT molecular complexity index is 998. The molecular weight excluding hydrogens is 425 g/mol. The van der Waals surface area contributed by atoms with Crippen molar-refractivity contribution in [2.75, 3.05) is 25.0 Å². The average Bonchev–Trinajstić information content (AvgIpc) is 3.15. The first-order valence-electron chi connectivity index (χ1n) is 10.3. The summed E-state index contributed by atoms with van der Waals surface area (Å²) in [6, 6.07) is 9.60. The van der Waals surface area contributed by atoms with Gasteiger partial charge in [0, 0.05) is 18.0 Å². The van der Waals surface area contributed by atoms with Crippen molar-refractivity contribution in [1.29, 1.82) is 0 Å². The standard InChI is InChI=1S/C22H25F3N4OS/c23-22(24,25)10-18-9-19-20(27-14-28-21(19)31-18)26-11-15-5-7-29(8-6-15)12-16-1-3-17(13-30)4-2-16/h1-4,9,14-15,30H,5-8,10-13H2,(H,26,27,28). The fraction of sp³-hybridized carbons (Fsp3) is 0.455. The third-order valence-electron chi connectivity index (χ3n) is 5.63. The number of nitrogens with one attached hydrogen (secondary N) is 1. The number of piperidine rings is 1. The van der Waals surface area contributed by atoms with E-state index in [2.05, 4.69) is 32.3 Å². The maximum atomic E-state index is 12.7. The molecule has 2 aromatic heterocycles. The number of hydrogen-bond donors (Lipinski definition) is 2. The van der Waals surface area contributed by atoms with Crippen molar-refractivity contribution >= 4 is 27.4 Å². The molecule has 1 saturated heterocycles. The third-order valence-corrected chi connectivity index (χ3v) is 6.68. The highest BCUT2D eigenvalue weighted by molar-refractivity contribution is 7.18. The highest BCUT2D eigenvalue weighted by atomic mass is 32.1. The lowest BCUT2D eigenvalue weighted by atomic mass is 9.96. The van der Waals surface area contributed by atoms with E-state index in [-0.39, 0.29) is 11.5 Å². The zero-order chi connectivity index (χ0) is 21.8. The maximum Gasteiger partial charge on any atom is 0.393 e. The minimum atomic E-state index is -4.23. The van der Waals surface area contributed by atoms with Gasteiger partial charge in [-0.1, -0.05) is 24.3 Å². The molecule has 1 aliphatic heterocycles. The Balaban J connectivity index is 1.29. The normalized spacial score (nSPS) is 16.1. The first-order valence-corrected chi connectivity index (χ1v) is 11.2. The van der Waals surface area contributed by atoms with E-state index >= 15 is 0 Å². The summed E-state index contributed by atoms with van der Waals surface area (Å²) in [5.74, 6) is 1.10. The molecule has 1 aromatic carbocycles. The van der Waals surface area contributed by atoms with Crippen molar-refractivity contribution in [2.24, 2.45) is 5.92 Å². The van der Waals surface area contributed by atoms with E-state index in [0.29, 0.717) is 22.0 Å². The largest absolute Gasteiger partial charge is 0.393 e. The van der Waals surface area contributed by atoms with E-state index < -0.39 is 12.6 Å². The minimum Gasteiger partial charge on any atom is -0.392 e. The number of benzene rings is 1. The van der Waals surface area contributed by atoms with E-state index in [0.717, 1.165) is 55.9 Å². The molecule has 5 nitrogen and oxygen atoms in total. The van der Waals surface area contributed by atoms with Crippen molar-refractivity contribution in [2.45, 2.75) is 38.6 Å². The second-order valence-electron chi connectivity index (χ2n) is 8.02. The lowest BCUT2D eigenvalue weighted by Crippen LogP contribution is -2.35. The molecule has 2 N–H and O–H groups in total. The molecule has 1 aliphatic rings. The van der Waals surface area contributed by atoms with Crippen LogP contribution in [0.3, 0.4) is 0 Å². The van der Waals surface area contributed by atoms with Gasteiger partial charge in [0.2, 0.25) is 0 Å². The van der Waals surface area contributed by atoms with Crippen molar-refractivity contribution < 1.29 is 18.3 Å². The van der Waals surface area contributed by atoms with Crippen LogP contribution in [0.15, 0.2) is 36.7 Å². The van der Waals surface area contributed by atoms with Crippen LogP contribution in [0.4, 0.5) is 19.0 Å². The summed E-state index contributed by atoms with van der Waals surface area (Å²) in [5.41, 5.74) is 2.16. The predicted molar refractivity (Wildman–Crippen MR) is 116 cm³/mol. The van der Waals surface area contributed by atoms with Crippen LogP contribution < -0.4 is 5.32 Å². The van der Waals surface area contributed by atoms with Crippen molar-refractivity contribution in [3.8, 4) is 0 Å². The molecule has 0 saturated carbocycles. The zero-order valence-corrected chi connectivity index (χ0v) is 17.8. The molecule has 0 aliphatic carbocycles. The van der Waals surface area contributed by atoms with E-state index in [9.17, 15) is 13.2 Å². The summed E-state index contributed by atoms with van der Waals surface area (Å²) in [6.07, 6.45) is -1.65. The summed E-state index contributed by atoms with van der Waals surface area (Å²) < 4.78 is 38.1. The number of likely N-dealkylation sites (tertiary alicyclic amines) is 1. The number of hydrogen-bond acceptors (Lipinski definition) is 6. The molecule has 1 fully saturated rings. The van der Waals surface area contributed by atoms with E-state index in [1.165, 1.54) is 11.9 Å². The van der Waals surface area contributed by atoms with Gasteiger partial charge < -0.3 is 10.4 Å². The van der Waals surface area contributed by atoms with Crippen LogP contribution in [0.5, 0.6) is 0 Å². The molecule has 0 radical (unpaired) electrons. The summed E-state index contributed by atoms with van der Waals surface area (Å²) in [6.45, 7) is 3.71. The highest BCUT2D eigenvalue weighted by Crippen LogP contribution is 2.32. The number of alkyl halides is 3. The average molecular weight is 451 g/mol. The SMILES string of the molecule is OCc1ccc(CN2CCC(CNc3ncnc4sc(CC(F)(F)F)cc34)CC2)cc1. The maximum absolute atomic E-state index is 12.7. The summed E-state index contributed by atoms with van der Waals surface area (Å²) in [5, 5.41) is 13.2. The summed E-state index contributed by atoms with van der Waals surface area (Å²) in [7, 11) is 0. The van der Waals surface area contributed by atoms with Gasteiger partial charge >= 0.3 is 6.18 Å². The predicted octanol–water partition coefficient (Wildman–Crippen LogP) is 4.61. The molecule has 31 heavy (non-hydrogen) atoms. The molecular formula is C22H25F3N4OS. The van der Waals surface area contributed by atoms with E-state index in [1.807, 2.05) is 12.1 Å². The molecule has 0 amide bonds. The lowest BCUT2D eigenvalue weighted by molar-refractivity contribution is -0.126. The molecule has 4 rings (SSSR count). The first-order chi connectivity index (χ1) is 14.9. The van der Waals surface area contributed by atoms with Gasteiger partial charge in [-0.05, 0) is 49.0 Å². The second kappa shape index (κ2) is 9.50. The number of thiophene rings is 1. The van der Waals surface area contributed by atoms with Crippen LogP contribution >= 0.6 is 11.3 Å². The van der Waals surface area contributed by atoms with Crippen molar-refractivity contribution in [3.05, 3.63) is 52.7 Å². The molecule has 0 bridgehead atoms. The Morgan fingerprint density at radius 2 is 1.81 bits per heavy atom. The van der Waals surface area contributed by atoms with Gasteiger partial charge in [-0.2, -0.15) is 13.2 Å². The monoisotopic (exact) mass is 450 g/mol. The van der Waals surface area contributed by atoms with Crippen molar-refractivity contribution in [1.82, 2.24) is 14.9 Å². The molecule has 0 unspecified atom stereocenters. The summed E-state index contributed by atoms with van der Waals surface area (Å²) >= 11 is 1.07. The van der Waals surface area contributed by atoms with Crippen LogP contribution in [0.1, 0.15) is 28.8 Å². The van der Waals surface area contributed by atoms with Crippen molar-refractivity contribution in [3.63, 3.8) is 0 Å². The van der Waals surface area contributed by atoms with E-state index in [4.69, 9.17) is 5.11 Å². The van der Waals surface area contributed by atoms with Crippen LogP contribution in [-0.4, -0.2) is 45.8 Å². The molecule has 0 spiro atoms. The number of aliphatic hydroxyl groups is 1. The quantitative estimate of drug-likeness (QED) is 0.550. The number of fused-ring (bicyclic) bond motifs is 1. The topological polar surface area (TPSA) is 61.3 Å². The Labute approximate surface area is 182 Å². The van der Waals surface area contributed by atoms with Crippen LogP contribution in [0, 0.1) is 5.92 Å². The van der Waals surface area contributed by atoms with Gasteiger partial charge in [-0.25, -0.2) is 9.97 Å². The molecule has 166 valence electrons. The Kier molecular flexibility index (Phi) is 6.74. The Morgan fingerprint density at radius 3 is 2.48 bits per heavy atom. The molecule has 9 heteroatoms. The third kappa shape index (κ3) is 5.93. The Morgan fingerprint density at radius 1 is 1.10 bits per heavy atom. The lowest BCUT2D eigenvalue weighted by Gasteiger charge is -2.32. The zero-order valence-electron chi connectivity index (χ0n) is 17.0. The fourth-order valence-corrected chi connectivity index (χ4v) is 4.96. The number of rotatable bonds is 7. The smallest absolute Gasteiger partial charge is 0.392 e. The number of aromatic nitrogens is 2. The highest BCUT2D eigenvalue weighted by Gasteiger charge is 2.29. The first kappa shape index (κ1) is 22.0. The molecule has 3 heterocycles. The van der Waals surface area contributed by atoms with Crippen LogP contribution in [0.25, 0.3) is 10.2 Å². The van der Waals surface area contributed by atoms with Gasteiger partial charge in [0.25, 0.3) is 0 Å². The van der Waals surface area contributed by atoms with Gasteiger partial charge in [-0.15, -0.1) is 11.3 Å². The number of nitrogens with zero attached hydrogens (tertiary/aromatic N) is 3. The number of anilines is 1. The van der Waals surface area contributed by atoms with Gasteiger partial charge in [0.15, 0.2) is 0 Å². The van der Waals surface area contributed by atoms with Crippen LogP contribution in [-0.2, 0) is 19.6 Å². The van der Waals surface area contributed by atoms with Gasteiger partial charge in [0.05, 0.1) is 18.4 Å². The molecule has 0 atom stereocenters. The van der Waals surface area contributed by atoms with Crippen LogP contribution in [0.2, 0.25) is 0 Å². The Hall–Kier alpha value is -2.23. The minimum absolute atomic E-state index is 0.0618. The number of halogens is 3. The van der Waals surface area contributed by atoms with Gasteiger partial charge in [-0.3, -0.25) is 4.90 Å². The van der Waals surface area contributed by atoms with Gasteiger partial charge in [0.1, 0.15) is 17.0 Å².